The Hall–Kier alpha value is -2.78. The Morgan fingerprint density at radius 3 is 1.30 bits per heavy atom. The number of carbonyl (C=O) groups excluding carboxylic acids is 2. The molecule has 0 fully saturated rings. The summed E-state index contributed by atoms with van der Waals surface area (Å²) in [6.07, 6.45) is 10.5. The van der Waals surface area contributed by atoms with Crippen molar-refractivity contribution in [2.75, 3.05) is 0 Å². The molecule has 0 aliphatic heterocycles. The molecule has 37 heavy (non-hydrogen) atoms. The first-order valence-electron chi connectivity index (χ1n) is 13.0. The van der Waals surface area contributed by atoms with E-state index in [-0.39, 0.29) is 11.6 Å². The summed E-state index contributed by atoms with van der Waals surface area (Å²) in [5.41, 5.74) is 3.89. The number of benzene rings is 2. The Morgan fingerprint density at radius 2 is 1.00 bits per heavy atom. The van der Waals surface area contributed by atoms with Crippen molar-refractivity contribution >= 4 is 11.6 Å². The van der Waals surface area contributed by atoms with Gasteiger partial charge in [0.2, 0.25) is 0 Å². The molecular formula is C32H36O4Zr. The summed E-state index contributed by atoms with van der Waals surface area (Å²) >= 11 is -4.36. The maximum atomic E-state index is 11.9. The van der Waals surface area contributed by atoms with E-state index < -0.39 is 21.1 Å². The van der Waals surface area contributed by atoms with Crippen LogP contribution in [0, 0.1) is 11.8 Å². The topological polar surface area (TPSA) is 52.6 Å². The Kier molecular flexibility index (Phi) is 8.34. The Balaban J connectivity index is 1.93. The van der Waals surface area contributed by atoms with E-state index in [0.717, 1.165) is 12.8 Å². The fourth-order valence-corrected chi connectivity index (χ4v) is 15.2. The van der Waals surface area contributed by atoms with Crippen LogP contribution in [-0.2, 0) is 21.1 Å². The average Bonchev–Trinajstić information content (AvgIpc) is 3.55. The normalized spacial score (nSPS) is 15.4. The van der Waals surface area contributed by atoms with Crippen LogP contribution in [0.3, 0.4) is 0 Å². The monoisotopic (exact) mass is 574 g/mol. The number of carbonyl (C=O) groups is 2. The number of hydrogen-bond donors (Lipinski definition) is 0. The fraction of sp³-hybridized carbons (Fsp3) is 0.312. The van der Waals surface area contributed by atoms with Crippen molar-refractivity contribution in [3.8, 4) is 11.5 Å². The second-order valence-corrected chi connectivity index (χ2v) is 17.4. The summed E-state index contributed by atoms with van der Waals surface area (Å²) in [6.45, 7) is 12.0. The number of Topliss-reactive ketones (excluding diaryl/α,β-unsaturated/α-hetero) is 2. The van der Waals surface area contributed by atoms with Gasteiger partial charge in [-0.2, -0.15) is 0 Å². The minimum atomic E-state index is -4.36. The third-order valence-corrected chi connectivity index (χ3v) is 15.9. The molecule has 0 radical (unpaired) electrons. The first-order chi connectivity index (χ1) is 17.6. The van der Waals surface area contributed by atoms with Crippen molar-refractivity contribution in [2.45, 2.75) is 54.4 Å². The Morgan fingerprint density at radius 1 is 0.649 bits per heavy atom. The SMILES string of the molecule is CC(=O)c1ccc([O][Zr]([O]c2ccc(C(C)=O)cc2)([C]2=C(C(C)C)C=CC2)[C]2=C(C(C)C)C=CC2)cc1. The van der Waals surface area contributed by atoms with Gasteiger partial charge in [-0.25, -0.2) is 0 Å². The second kappa shape index (κ2) is 11.3. The predicted octanol–water partition coefficient (Wildman–Crippen LogP) is 8.27. The molecule has 0 spiro atoms. The van der Waals surface area contributed by atoms with Gasteiger partial charge in [-0.05, 0) is 0 Å². The zero-order chi connectivity index (χ0) is 26.7. The maximum absolute atomic E-state index is 11.9. The van der Waals surface area contributed by atoms with Gasteiger partial charge in [-0.15, -0.1) is 0 Å². The number of rotatable bonds is 10. The molecule has 2 aliphatic rings. The van der Waals surface area contributed by atoms with Crippen molar-refractivity contribution in [3.05, 3.63) is 102 Å². The number of allylic oxidation sites excluding steroid dienone is 8. The van der Waals surface area contributed by atoms with Crippen LogP contribution >= 0.6 is 0 Å². The molecule has 0 N–H and O–H groups in total. The molecule has 2 aromatic carbocycles. The second-order valence-electron chi connectivity index (χ2n) is 10.4. The van der Waals surface area contributed by atoms with Crippen LogP contribution in [0.5, 0.6) is 11.5 Å². The summed E-state index contributed by atoms with van der Waals surface area (Å²) < 4.78 is 16.9. The quantitative estimate of drug-likeness (QED) is 0.268. The van der Waals surface area contributed by atoms with Crippen LogP contribution in [0.4, 0.5) is 0 Å². The molecule has 0 saturated carbocycles. The molecule has 4 rings (SSSR count). The molecule has 0 aromatic heterocycles. The molecular weight excluding hydrogens is 540 g/mol. The van der Waals surface area contributed by atoms with Gasteiger partial charge in [-0.1, -0.05) is 0 Å². The summed E-state index contributed by atoms with van der Waals surface area (Å²) in [5, 5.41) is 0. The van der Waals surface area contributed by atoms with Gasteiger partial charge < -0.3 is 0 Å². The Bertz CT molecular complexity index is 1200. The summed E-state index contributed by atoms with van der Waals surface area (Å²) in [6, 6.07) is 14.9. The Labute approximate surface area is 226 Å². The van der Waals surface area contributed by atoms with Gasteiger partial charge in [0.1, 0.15) is 0 Å². The third-order valence-electron chi connectivity index (χ3n) is 7.02. The van der Waals surface area contributed by atoms with Gasteiger partial charge in [0.05, 0.1) is 0 Å². The first-order valence-corrected chi connectivity index (χ1v) is 17.5. The van der Waals surface area contributed by atoms with Gasteiger partial charge in [0, 0.05) is 0 Å². The summed E-state index contributed by atoms with van der Waals surface area (Å²) in [4.78, 5) is 23.8. The molecule has 192 valence electrons. The van der Waals surface area contributed by atoms with E-state index in [1.54, 1.807) is 13.8 Å². The van der Waals surface area contributed by atoms with E-state index in [1.807, 2.05) is 48.5 Å². The average molecular weight is 576 g/mol. The van der Waals surface area contributed by atoms with Crippen molar-refractivity contribution < 1.29 is 36.4 Å². The molecule has 0 atom stereocenters. The van der Waals surface area contributed by atoms with Crippen molar-refractivity contribution in [1.29, 1.82) is 0 Å². The zero-order valence-corrected chi connectivity index (χ0v) is 25.1. The minimum absolute atomic E-state index is 0.0257. The fourth-order valence-electron chi connectivity index (χ4n) is 5.07. The molecule has 2 aromatic rings. The molecule has 0 amide bonds. The van der Waals surface area contributed by atoms with Crippen LogP contribution in [0.15, 0.2) is 90.5 Å². The first kappa shape index (κ1) is 27.3. The molecule has 0 heterocycles. The van der Waals surface area contributed by atoms with E-state index >= 15 is 0 Å². The van der Waals surface area contributed by atoms with E-state index in [4.69, 9.17) is 5.63 Å². The molecule has 0 saturated heterocycles. The van der Waals surface area contributed by atoms with Crippen LogP contribution in [0.1, 0.15) is 75.1 Å². The van der Waals surface area contributed by atoms with Gasteiger partial charge >= 0.3 is 227 Å². The van der Waals surface area contributed by atoms with Crippen molar-refractivity contribution in [2.24, 2.45) is 11.8 Å². The predicted molar refractivity (Wildman–Crippen MR) is 145 cm³/mol. The molecule has 0 bridgehead atoms. The molecule has 0 unspecified atom stereocenters. The zero-order valence-electron chi connectivity index (χ0n) is 22.6. The molecule has 4 nitrogen and oxygen atoms in total. The van der Waals surface area contributed by atoms with Crippen LogP contribution < -0.4 is 5.63 Å². The van der Waals surface area contributed by atoms with Crippen LogP contribution in [-0.4, -0.2) is 11.6 Å². The van der Waals surface area contributed by atoms with Gasteiger partial charge in [0.25, 0.3) is 0 Å². The van der Waals surface area contributed by atoms with Gasteiger partial charge in [-0.3, -0.25) is 0 Å². The van der Waals surface area contributed by atoms with E-state index in [1.165, 1.54) is 17.7 Å². The summed E-state index contributed by atoms with van der Waals surface area (Å²) in [5.74, 6) is 2.14. The standard InChI is InChI=1S/2C8H8O2.2C8H11.Zr/c2*1-6(9)7-2-4-8(10)5-3-7;2*1-7(2)8-5-3-4-6-8;/h2*2-5,10H,1H3;2*3,5,7H,4H2,1-2H3;/q;;;;+2/p-2. The summed E-state index contributed by atoms with van der Waals surface area (Å²) in [7, 11) is 0. The number of hydrogen-bond acceptors (Lipinski definition) is 4. The number of ketones is 2. The van der Waals surface area contributed by atoms with Gasteiger partial charge in [0.15, 0.2) is 0 Å². The van der Waals surface area contributed by atoms with Crippen LogP contribution in [0.2, 0.25) is 0 Å². The molecule has 5 heteroatoms. The van der Waals surface area contributed by atoms with E-state index in [9.17, 15) is 9.59 Å². The van der Waals surface area contributed by atoms with E-state index in [2.05, 4.69) is 52.0 Å². The molecule has 2 aliphatic carbocycles. The van der Waals surface area contributed by atoms with Crippen molar-refractivity contribution in [1.82, 2.24) is 0 Å². The van der Waals surface area contributed by atoms with Crippen LogP contribution in [0.25, 0.3) is 0 Å². The third kappa shape index (κ3) is 5.72. The van der Waals surface area contributed by atoms with Crippen molar-refractivity contribution in [3.63, 3.8) is 0 Å². The van der Waals surface area contributed by atoms with E-state index in [0.29, 0.717) is 34.5 Å².